The predicted molar refractivity (Wildman–Crippen MR) is 80.3 cm³/mol. The number of nitrogen functional groups attached to an aromatic ring is 1. The molecule has 0 saturated heterocycles. The number of nitrogens with one attached hydrogen (secondary N) is 2. The molecule has 0 fully saturated rings. The van der Waals surface area contributed by atoms with Gasteiger partial charge in [-0.25, -0.2) is 10.8 Å². The first-order chi connectivity index (χ1) is 10.0. The molecule has 0 spiro atoms. The van der Waals surface area contributed by atoms with Crippen LogP contribution in [0, 0.1) is 10.1 Å². The van der Waals surface area contributed by atoms with E-state index in [4.69, 9.17) is 5.84 Å². The number of hydrogen-bond donors (Lipinski definition) is 3. The predicted octanol–water partition coefficient (Wildman–Crippen LogP) is 2.54. The average Bonchev–Trinajstić information content (AvgIpc) is 2.47. The molecule has 8 nitrogen and oxygen atoms in total. The molecule has 0 saturated carbocycles. The number of aromatic nitrogens is 2. The Bertz CT molecular complexity index is 659. The second-order valence-electron chi connectivity index (χ2n) is 4.70. The standard InChI is InChI=1S/C13H16N6O2/c1-8(2)9-5-3-4-6-10(9)16-12-11(19(20)21)7-15-13(17-12)18-14/h3-8H,14H2,1-2H3,(H2,15,16,17,18). The minimum atomic E-state index is -0.541. The summed E-state index contributed by atoms with van der Waals surface area (Å²) in [5.74, 6) is 5.70. The lowest BCUT2D eigenvalue weighted by molar-refractivity contribution is -0.384. The SMILES string of the molecule is CC(C)c1ccccc1Nc1nc(NN)ncc1[N+](=O)[O-]. The highest BCUT2D eigenvalue weighted by atomic mass is 16.6. The molecular formula is C13H16N6O2. The Morgan fingerprint density at radius 3 is 2.67 bits per heavy atom. The molecule has 21 heavy (non-hydrogen) atoms. The summed E-state index contributed by atoms with van der Waals surface area (Å²) >= 11 is 0. The maximum Gasteiger partial charge on any atom is 0.329 e. The molecular weight excluding hydrogens is 272 g/mol. The highest BCUT2D eigenvalue weighted by Gasteiger charge is 2.18. The van der Waals surface area contributed by atoms with Crippen LogP contribution in [0.25, 0.3) is 0 Å². The van der Waals surface area contributed by atoms with Gasteiger partial charge in [0.1, 0.15) is 6.20 Å². The molecule has 0 aliphatic carbocycles. The van der Waals surface area contributed by atoms with Crippen LogP contribution in [0.4, 0.5) is 23.1 Å². The van der Waals surface area contributed by atoms with E-state index in [0.717, 1.165) is 17.4 Å². The molecule has 8 heteroatoms. The van der Waals surface area contributed by atoms with Gasteiger partial charge < -0.3 is 5.32 Å². The van der Waals surface area contributed by atoms with Crippen molar-refractivity contribution in [1.82, 2.24) is 9.97 Å². The molecule has 0 atom stereocenters. The Hall–Kier alpha value is -2.74. The van der Waals surface area contributed by atoms with Gasteiger partial charge in [0.15, 0.2) is 0 Å². The van der Waals surface area contributed by atoms with Gasteiger partial charge >= 0.3 is 5.69 Å². The topological polar surface area (TPSA) is 119 Å². The number of para-hydroxylation sites is 1. The van der Waals surface area contributed by atoms with Crippen molar-refractivity contribution in [3.63, 3.8) is 0 Å². The summed E-state index contributed by atoms with van der Waals surface area (Å²) in [5.41, 5.74) is 3.85. The van der Waals surface area contributed by atoms with Gasteiger partial charge in [0.05, 0.1) is 4.92 Å². The molecule has 2 aromatic rings. The Morgan fingerprint density at radius 2 is 2.05 bits per heavy atom. The monoisotopic (exact) mass is 288 g/mol. The largest absolute Gasteiger partial charge is 0.334 e. The van der Waals surface area contributed by atoms with Crippen LogP contribution in [0.2, 0.25) is 0 Å². The van der Waals surface area contributed by atoms with Crippen LogP contribution in [0.5, 0.6) is 0 Å². The van der Waals surface area contributed by atoms with Crippen molar-refractivity contribution in [3.8, 4) is 0 Å². The quantitative estimate of drug-likeness (QED) is 0.439. The minimum absolute atomic E-state index is 0.0936. The first kappa shape index (κ1) is 14.7. The van der Waals surface area contributed by atoms with Crippen molar-refractivity contribution in [2.75, 3.05) is 10.7 Å². The molecule has 110 valence electrons. The zero-order chi connectivity index (χ0) is 15.4. The first-order valence-electron chi connectivity index (χ1n) is 6.37. The molecule has 0 radical (unpaired) electrons. The van der Waals surface area contributed by atoms with Crippen molar-refractivity contribution in [3.05, 3.63) is 46.1 Å². The van der Waals surface area contributed by atoms with Crippen molar-refractivity contribution < 1.29 is 4.92 Å². The van der Waals surface area contributed by atoms with E-state index in [-0.39, 0.29) is 23.4 Å². The maximum atomic E-state index is 11.1. The normalized spacial score (nSPS) is 10.5. The van der Waals surface area contributed by atoms with Crippen molar-refractivity contribution in [1.29, 1.82) is 0 Å². The lowest BCUT2D eigenvalue weighted by Crippen LogP contribution is -2.12. The Labute approximate surface area is 121 Å². The number of nitro groups is 1. The van der Waals surface area contributed by atoms with Crippen LogP contribution < -0.4 is 16.6 Å². The van der Waals surface area contributed by atoms with Gasteiger partial charge in [-0.1, -0.05) is 32.0 Å². The molecule has 0 aliphatic rings. The Kier molecular flexibility index (Phi) is 4.29. The van der Waals surface area contributed by atoms with Crippen LogP contribution >= 0.6 is 0 Å². The van der Waals surface area contributed by atoms with Gasteiger partial charge in [-0.05, 0) is 17.5 Å². The fourth-order valence-corrected chi connectivity index (χ4v) is 1.91. The van der Waals surface area contributed by atoms with Crippen molar-refractivity contribution in [2.24, 2.45) is 5.84 Å². The Morgan fingerprint density at radius 1 is 1.33 bits per heavy atom. The summed E-state index contributed by atoms with van der Waals surface area (Å²) in [4.78, 5) is 18.3. The van der Waals surface area contributed by atoms with E-state index in [9.17, 15) is 10.1 Å². The smallest absolute Gasteiger partial charge is 0.329 e. The fraction of sp³-hybridized carbons (Fsp3) is 0.231. The van der Waals surface area contributed by atoms with Crippen LogP contribution in [0.15, 0.2) is 30.5 Å². The summed E-state index contributed by atoms with van der Waals surface area (Å²) < 4.78 is 0. The van der Waals surface area contributed by atoms with Gasteiger partial charge in [-0.3, -0.25) is 15.5 Å². The maximum absolute atomic E-state index is 11.1. The molecule has 4 N–H and O–H groups in total. The van der Waals surface area contributed by atoms with Crippen LogP contribution in [-0.2, 0) is 0 Å². The third-order valence-corrected chi connectivity index (χ3v) is 2.93. The zero-order valence-corrected chi connectivity index (χ0v) is 11.7. The van der Waals surface area contributed by atoms with Crippen molar-refractivity contribution >= 4 is 23.1 Å². The van der Waals surface area contributed by atoms with Crippen LogP contribution in [0.3, 0.4) is 0 Å². The van der Waals surface area contributed by atoms with E-state index in [1.54, 1.807) is 0 Å². The van der Waals surface area contributed by atoms with E-state index >= 15 is 0 Å². The second-order valence-corrected chi connectivity index (χ2v) is 4.70. The lowest BCUT2D eigenvalue weighted by atomic mass is 10.0. The minimum Gasteiger partial charge on any atom is -0.334 e. The molecule has 2 rings (SSSR count). The fourth-order valence-electron chi connectivity index (χ4n) is 1.91. The van der Waals surface area contributed by atoms with Gasteiger partial charge in [-0.2, -0.15) is 4.98 Å². The van der Waals surface area contributed by atoms with Crippen LogP contribution in [0.1, 0.15) is 25.3 Å². The average molecular weight is 288 g/mol. The highest BCUT2D eigenvalue weighted by Crippen LogP contribution is 2.30. The number of hydrazine groups is 1. The number of rotatable bonds is 5. The number of anilines is 3. The summed E-state index contributed by atoms with van der Waals surface area (Å²) in [6.45, 7) is 4.09. The van der Waals surface area contributed by atoms with Gasteiger partial charge in [0, 0.05) is 5.69 Å². The lowest BCUT2D eigenvalue weighted by Gasteiger charge is -2.14. The molecule has 0 aliphatic heterocycles. The van der Waals surface area contributed by atoms with E-state index < -0.39 is 4.92 Å². The van der Waals surface area contributed by atoms with E-state index in [1.165, 1.54) is 0 Å². The summed E-state index contributed by atoms with van der Waals surface area (Å²) in [6, 6.07) is 7.57. The molecule has 0 bridgehead atoms. The summed E-state index contributed by atoms with van der Waals surface area (Å²) in [6.07, 6.45) is 1.11. The van der Waals surface area contributed by atoms with Gasteiger partial charge in [0.2, 0.25) is 11.8 Å². The van der Waals surface area contributed by atoms with Gasteiger partial charge in [-0.15, -0.1) is 0 Å². The van der Waals surface area contributed by atoms with E-state index in [0.29, 0.717) is 0 Å². The van der Waals surface area contributed by atoms with Crippen LogP contribution in [-0.4, -0.2) is 14.9 Å². The number of nitrogens with two attached hydrogens (primary N) is 1. The third kappa shape index (κ3) is 3.23. The highest BCUT2D eigenvalue weighted by molar-refractivity contribution is 5.68. The van der Waals surface area contributed by atoms with Crippen molar-refractivity contribution in [2.45, 2.75) is 19.8 Å². The summed E-state index contributed by atoms with van der Waals surface area (Å²) in [5, 5.41) is 14.1. The third-order valence-electron chi connectivity index (χ3n) is 2.93. The first-order valence-corrected chi connectivity index (χ1v) is 6.37. The summed E-state index contributed by atoms with van der Waals surface area (Å²) in [7, 11) is 0. The molecule has 1 aromatic heterocycles. The van der Waals surface area contributed by atoms with Gasteiger partial charge in [0.25, 0.3) is 0 Å². The Balaban J connectivity index is 2.45. The number of benzene rings is 1. The van der Waals surface area contributed by atoms with E-state index in [2.05, 4.69) is 20.7 Å². The number of hydrogen-bond acceptors (Lipinski definition) is 7. The van der Waals surface area contributed by atoms with E-state index in [1.807, 2.05) is 38.1 Å². The molecule has 1 aromatic carbocycles. The second kappa shape index (κ2) is 6.14. The number of nitrogens with zero attached hydrogens (tertiary/aromatic N) is 3. The molecule has 1 heterocycles. The molecule has 0 amide bonds. The zero-order valence-electron chi connectivity index (χ0n) is 11.7. The molecule has 0 unspecified atom stereocenters.